The van der Waals surface area contributed by atoms with Crippen LogP contribution in [0.2, 0.25) is 0 Å². The molecule has 0 aliphatic heterocycles. The first-order valence-electron chi connectivity index (χ1n) is 6.95. The standard InChI is InChI=1S/C15H21N5O/c1-10-4-5-11(2)14(6-10)12(3)17-15(21)9-20-8-13(7-16)18-19-20/h4-6,8,12H,7,9,16H2,1-3H3,(H,17,21). The van der Waals surface area contributed by atoms with E-state index in [9.17, 15) is 4.79 Å². The molecule has 2 rings (SSSR count). The predicted octanol–water partition coefficient (Wildman–Crippen LogP) is 1.23. The van der Waals surface area contributed by atoms with Gasteiger partial charge in [-0.15, -0.1) is 5.10 Å². The first-order chi connectivity index (χ1) is 9.99. The molecule has 1 heterocycles. The summed E-state index contributed by atoms with van der Waals surface area (Å²) in [5.41, 5.74) is 9.61. The van der Waals surface area contributed by atoms with Crippen molar-refractivity contribution in [3.8, 4) is 0 Å². The maximum atomic E-state index is 12.1. The van der Waals surface area contributed by atoms with Crippen LogP contribution in [0.3, 0.4) is 0 Å². The summed E-state index contributed by atoms with van der Waals surface area (Å²) in [5.74, 6) is -0.100. The van der Waals surface area contributed by atoms with E-state index in [-0.39, 0.29) is 18.5 Å². The fraction of sp³-hybridized carbons (Fsp3) is 0.400. The van der Waals surface area contributed by atoms with Gasteiger partial charge in [-0.1, -0.05) is 29.0 Å². The molecule has 0 aliphatic carbocycles. The highest BCUT2D eigenvalue weighted by atomic mass is 16.2. The number of carbonyl (C=O) groups is 1. The summed E-state index contributed by atoms with van der Waals surface area (Å²) < 4.78 is 1.49. The van der Waals surface area contributed by atoms with Crippen LogP contribution >= 0.6 is 0 Å². The van der Waals surface area contributed by atoms with Gasteiger partial charge in [-0.05, 0) is 31.9 Å². The van der Waals surface area contributed by atoms with Crippen molar-refractivity contribution < 1.29 is 4.79 Å². The van der Waals surface area contributed by atoms with Crippen LogP contribution in [0.25, 0.3) is 0 Å². The van der Waals surface area contributed by atoms with Crippen molar-refractivity contribution >= 4 is 5.91 Å². The number of nitrogens with one attached hydrogen (secondary N) is 1. The molecule has 0 saturated carbocycles. The molecule has 6 nitrogen and oxygen atoms in total. The molecule has 0 bridgehead atoms. The number of carbonyl (C=O) groups excluding carboxylic acids is 1. The van der Waals surface area contributed by atoms with Crippen molar-refractivity contribution in [1.29, 1.82) is 0 Å². The molecular formula is C15H21N5O. The molecule has 0 fully saturated rings. The van der Waals surface area contributed by atoms with Crippen LogP contribution in [0.4, 0.5) is 0 Å². The maximum absolute atomic E-state index is 12.1. The van der Waals surface area contributed by atoms with Crippen molar-refractivity contribution in [2.24, 2.45) is 5.73 Å². The quantitative estimate of drug-likeness (QED) is 0.866. The molecule has 112 valence electrons. The van der Waals surface area contributed by atoms with Gasteiger partial charge in [0.2, 0.25) is 5.91 Å². The van der Waals surface area contributed by atoms with E-state index in [2.05, 4.69) is 33.8 Å². The highest BCUT2D eigenvalue weighted by molar-refractivity contribution is 5.76. The Morgan fingerprint density at radius 3 is 2.86 bits per heavy atom. The molecular weight excluding hydrogens is 266 g/mol. The zero-order valence-corrected chi connectivity index (χ0v) is 12.6. The lowest BCUT2D eigenvalue weighted by atomic mass is 10.00. The number of nitrogens with two attached hydrogens (primary N) is 1. The zero-order chi connectivity index (χ0) is 15.4. The first-order valence-corrected chi connectivity index (χ1v) is 6.95. The average Bonchev–Trinajstić information content (AvgIpc) is 2.88. The third-order valence-corrected chi connectivity index (χ3v) is 3.38. The average molecular weight is 287 g/mol. The normalized spacial score (nSPS) is 12.2. The molecule has 0 saturated heterocycles. The molecule has 1 amide bonds. The van der Waals surface area contributed by atoms with Crippen LogP contribution in [0, 0.1) is 13.8 Å². The van der Waals surface area contributed by atoms with E-state index < -0.39 is 0 Å². The summed E-state index contributed by atoms with van der Waals surface area (Å²) in [4.78, 5) is 12.1. The highest BCUT2D eigenvalue weighted by Gasteiger charge is 2.13. The molecule has 1 atom stereocenters. The van der Waals surface area contributed by atoms with Crippen molar-refractivity contribution in [1.82, 2.24) is 20.3 Å². The summed E-state index contributed by atoms with van der Waals surface area (Å²) in [6.45, 7) is 6.53. The van der Waals surface area contributed by atoms with Crippen molar-refractivity contribution in [3.63, 3.8) is 0 Å². The Morgan fingerprint density at radius 2 is 2.19 bits per heavy atom. The Labute approximate surface area is 124 Å². The Kier molecular flexibility index (Phi) is 4.70. The minimum atomic E-state index is -0.100. The van der Waals surface area contributed by atoms with Gasteiger partial charge < -0.3 is 11.1 Å². The van der Waals surface area contributed by atoms with Crippen LogP contribution in [-0.4, -0.2) is 20.9 Å². The molecule has 1 aromatic carbocycles. The van der Waals surface area contributed by atoms with Crippen molar-refractivity contribution in [2.45, 2.75) is 39.9 Å². The summed E-state index contributed by atoms with van der Waals surface area (Å²) in [7, 11) is 0. The van der Waals surface area contributed by atoms with Gasteiger partial charge in [0.25, 0.3) is 0 Å². The van der Waals surface area contributed by atoms with Crippen LogP contribution in [0.15, 0.2) is 24.4 Å². The van der Waals surface area contributed by atoms with Gasteiger partial charge in [0.1, 0.15) is 6.54 Å². The topological polar surface area (TPSA) is 85.8 Å². The Morgan fingerprint density at radius 1 is 1.43 bits per heavy atom. The van der Waals surface area contributed by atoms with Crippen LogP contribution in [-0.2, 0) is 17.9 Å². The molecule has 0 radical (unpaired) electrons. The van der Waals surface area contributed by atoms with E-state index in [1.165, 1.54) is 15.8 Å². The van der Waals surface area contributed by atoms with Crippen molar-refractivity contribution in [2.75, 3.05) is 0 Å². The van der Waals surface area contributed by atoms with E-state index in [0.29, 0.717) is 12.2 Å². The molecule has 1 unspecified atom stereocenters. The second-order valence-corrected chi connectivity index (χ2v) is 5.26. The second kappa shape index (κ2) is 6.49. The number of hydrogen-bond acceptors (Lipinski definition) is 4. The maximum Gasteiger partial charge on any atom is 0.242 e. The minimum Gasteiger partial charge on any atom is -0.348 e. The van der Waals surface area contributed by atoms with Crippen LogP contribution in [0.5, 0.6) is 0 Å². The number of aryl methyl sites for hydroxylation is 2. The predicted molar refractivity (Wildman–Crippen MR) is 80.4 cm³/mol. The van der Waals surface area contributed by atoms with Gasteiger partial charge in [0.15, 0.2) is 0 Å². The smallest absolute Gasteiger partial charge is 0.242 e. The third kappa shape index (κ3) is 3.88. The van der Waals surface area contributed by atoms with Gasteiger partial charge in [-0.2, -0.15) is 0 Å². The minimum absolute atomic E-state index is 0.0464. The van der Waals surface area contributed by atoms with E-state index in [1.54, 1.807) is 6.20 Å². The monoisotopic (exact) mass is 287 g/mol. The molecule has 2 aromatic rings. The Hall–Kier alpha value is -2.21. The van der Waals surface area contributed by atoms with E-state index in [0.717, 1.165) is 5.56 Å². The lowest BCUT2D eigenvalue weighted by Gasteiger charge is -2.17. The van der Waals surface area contributed by atoms with Gasteiger partial charge in [0, 0.05) is 6.54 Å². The largest absolute Gasteiger partial charge is 0.348 e. The lowest BCUT2D eigenvalue weighted by molar-refractivity contribution is -0.122. The number of aromatic nitrogens is 3. The highest BCUT2D eigenvalue weighted by Crippen LogP contribution is 2.18. The molecule has 0 spiro atoms. The van der Waals surface area contributed by atoms with Gasteiger partial charge in [-0.25, -0.2) is 4.68 Å². The van der Waals surface area contributed by atoms with Gasteiger partial charge >= 0.3 is 0 Å². The number of hydrogen-bond donors (Lipinski definition) is 2. The van der Waals surface area contributed by atoms with Crippen LogP contribution < -0.4 is 11.1 Å². The number of nitrogens with zero attached hydrogens (tertiary/aromatic N) is 3. The summed E-state index contributed by atoms with van der Waals surface area (Å²) in [6.07, 6.45) is 1.68. The third-order valence-electron chi connectivity index (χ3n) is 3.38. The fourth-order valence-corrected chi connectivity index (χ4v) is 2.25. The Balaban J connectivity index is 2.00. The first kappa shape index (κ1) is 15.2. The van der Waals surface area contributed by atoms with E-state index >= 15 is 0 Å². The lowest BCUT2D eigenvalue weighted by Crippen LogP contribution is -2.30. The fourth-order valence-electron chi connectivity index (χ4n) is 2.25. The van der Waals surface area contributed by atoms with Gasteiger partial charge in [-0.3, -0.25) is 4.79 Å². The summed E-state index contributed by atoms with van der Waals surface area (Å²) in [6, 6.07) is 6.19. The zero-order valence-electron chi connectivity index (χ0n) is 12.6. The number of benzene rings is 1. The van der Waals surface area contributed by atoms with E-state index in [4.69, 9.17) is 5.73 Å². The molecule has 21 heavy (non-hydrogen) atoms. The Bertz CT molecular complexity index is 635. The molecule has 3 N–H and O–H groups in total. The summed E-state index contributed by atoms with van der Waals surface area (Å²) >= 11 is 0. The second-order valence-electron chi connectivity index (χ2n) is 5.26. The SMILES string of the molecule is Cc1ccc(C)c(C(C)NC(=O)Cn2cc(CN)nn2)c1. The number of rotatable bonds is 5. The number of amides is 1. The van der Waals surface area contributed by atoms with Crippen molar-refractivity contribution in [3.05, 3.63) is 46.8 Å². The molecule has 0 aliphatic rings. The van der Waals surface area contributed by atoms with Crippen LogP contribution in [0.1, 0.15) is 35.3 Å². The molecule has 1 aromatic heterocycles. The summed E-state index contributed by atoms with van der Waals surface area (Å²) in [5, 5.41) is 10.7. The molecule has 6 heteroatoms. The van der Waals surface area contributed by atoms with E-state index in [1.807, 2.05) is 20.8 Å². The van der Waals surface area contributed by atoms with Gasteiger partial charge in [0.05, 0.1) is 17.9 Å².